The van der Waals surface area contributed by atoms with Crippen LogP contribution in [0.25, 0.3) is 0 Å². The fraction of sp³-hybridized carbons (Fsp3) is 0.0909. The first-order valence-corrected chi connectivity index (χ1v) is 3.39. The summed E-state index contributed by atoms with van der Waals surface area (Å²) in [7, 11) is 0. The molecule has 1 aliphatic rings. The van der Waals surface area contributed by atoms with Gasteiger partial charge in [-0.1, -0.05) is 36.1 Å². The van der Waals surface area contributed by atoms with Crippen LogP contribution < -0.4 is 0 Å². The predicted molar refractivity (Wildman–Crippen MR) is 47.6 cm³/mol. The van der Waals surface area contributed by atoms with Gasteiger partial charge in [-0.25, -0.2) is 0 Å². The zero-order valence-electron chi connectivity index (χ0n) is 6.17. The Morgan fingerprint density at radius 2 is 1.73 bits per heavy atom. The fourth-order valence-corrected chi connectivity index (χ4v) is 0.899. The molecule has 0 N–H and O–H groups in total. The minimum atomic E-state index is 0.622. The molecule has 0 spiro atoms. The van der Waals surface area contributed by atoms with Crippen LogP contribution in [0.5, 0.6) is 0 Å². The highest BCUT2D eigenvalue weighted by Gasteiger charge is 1.96. The van der Waals surface area contributed by atoms with E-state index in [2.05, 4.69) is 11.8 Å². The van der Waals surface area contributed by atoms with E-state index in [4.69, 9.17) is 12.8 Å². The van der Waals surface area contributed by atoms with Crippen LogP contribution in [-0.4, -0.2) is 0 Å². The number of allylic oxidation sites excluding steroid dienone is 6. The first kappa shape index (κ1) is 7.45. The number of rotatable bonds is 0. The summed E-state index contributed by atoms with van der Waals surface area (Å²) in [6, 6.07) is 0. The van der Waals surface area contributed by atoms with Crippen molar-refractivity contribution < 1.29 is 0 Å². The Bertz CT molecular complexity index is 281. The highest BCUT2D eigenvalue weighted by molar-refractivity contribution is 5.53. The summed E-state index contributed by atoms with van der Waals surface area (Å²) in [5, 5.41) is 0. The molecular weight excluding hydrogens is 132 g/mol. The third-order valence-electron chi connectivity index (χ3n) is 1.44. The lowest BCUT2D eigenvalue weighted by Crippen LogP contribution is -1.83. The van der Waals surface area contributed by atoms with Crippen molar-refractivity contribution in [3.63, 3.8) is 0 Å². The van der Waals surface area contributed by atoms with E-state index in [1.165, 1.54) is 0 Å². The molecule has 0 saturated heterocycles. The van der Waals surface area contributed by atoms with Gasteiger partial charge in [0, 0.05) is 0 Å². The summed E-state index contributed by atoms with van der Waals surface area (Å²) in [6.07, 6.45) is 19.3. The van der Waals surface area contributed by atoms with Crippen LogP contribution in [0.3, 0.4) is 0 Å². The molecule has 1 aliphatic carbocycles. The van der Waals surface area contributed by atoms with Crippen molar-refractivity contribution in [2.75, 3.05) is 0 Å². The van der Waals surface area contributed by atoms with Gasteiger partial charge in [0.15, 0.2) is 0 Å². The van der Waals surface area contributed by atoms with Gasteiger partial charge in [0.1, 0.15) is 0 Å². The zero-order valence-corrected chi connectivity index (χ0v) is 6.17. The molecule has 0 aliphatic heterocycles. The quantitative estimate of drug-likeness (QED) is 0.452. The molecule has 0 atom stereocenters. The fourth-order valence-electron chi connectivity index (χ4n) is 0.899. The van der Waals surface area contributed by atoms with Gasteiger partial charge in [-0.2, -0.15) is 0 Å². The number of hydrogen-bond donors (Lipinski definition) is 0. The largest absolute Gasteiger partial charge is 0.114 e. The van der Waals surface area contributed by atoms with Gasteiger partial charge in [0.05, 0.1) is 5.57 Å². The van der Waals surface area contributed by atoms with E-state index in [1.807, 2.05) is 24.3 Å². The lowest BCUT2D eigenvalue weighted by atomic mass is 10.0. The maximum atomic E-state index is 5.20. The first-order chi connectivity index (χ1) is 5.38. The Kier molecular flexibility index (Phi) is 2.37. The molecule has 1 rings (SSSR count). The first-order valence-electron chi connectivity index (χ1n) is 3.39. The molecule has 0 nitrogen and oxygen atoms in total. The second-order valence-corrected chi connectivity index (χ2v) is 2.16. The zero-order chi connectivity index (χ0) is 8.10. The molecule has 0 saturated carbocycles. The molecule has 0 amide bonds. The lowest BCUT2D eigenvalue weighted by molar-refractivity contribution is 1.34. The van der Waals surface area contributed by atoms with E-state index < -0.39 is 0 Å². The Hall–Kier alpha value is -1.66. The van der Waals surface area contributed by atoms with E-state index in [-0.39, 0.29) is 0 Å². The standard InChI is InChI=1S/C11H8/c1-3-10(4-2)11-8-6-5-7-9-11/h1-2,6-9H,5H2. The van der Waals surface area contributed by atoms with Crippen molar-refractivity contribution in [3.05, 3.63) is 35.5 Å². The molecule has 0 fully saturated rings. The van der Waals surface area contributed by atoms with E-state index in [9.17, 15) is 0 Å². The van der Waals surface area contributed by atoms with Gasteiger partial charge in [-0.05, 0) is 12.0 Å². The van der Waals surface area contributed by atoms with E-state index in [0.717, 1.165) is 12.0 Å². The molecule has 0 heteroatoms. The third-order valence-corrected chi connectivity index (χ3v) is 1.44. The number of hydrogen-bond acceptors (Lipinski definition) is 0. The second kappa shape index (κ2) is 3.49. The van der Waals surface area contributed by atoms with Crippen LogP contribution in [0.4, 0.5) is 0 Å². The Labute approximate surface area is 67.3 Å². The van der Waals surface area contributed by atoms with Crippen molar-refractivity contribution >= 4 is 0 Å². The van der Waals surface area contributed by atoms with E-state index in [0.29, 0.717) is 5.57 Å². The van der Waals surface area contributed by atoms with Gasteiger partial charge in [0.25, 0.3) is 0 Å². The maximum Gasteiger partial charge on any atom is 0.0810 e. The normalized spacial score (nSPS) is 13.8. The summed E-state index contributed by atoms with van der Waals surface area (Å²) in [5.74, 6) is 4.92. The van der Waals surface area contributed by atoms with E-state index >= 15 is 0 Å². The molecule has 0 bridgehead atoms. The van der Waals surface area contributed by atoms with Crippen LogP contribution in [0.1, 0.15) is 6.42 Å². The van der Waals surface area contributed by atoms with Gasteiger partial charge in [-0.15, -0.1) is 12.8 Å². The van der Waals surface area contributed by atoms with Gasteiger partial charge in [-0.3, -0.25) is 0 Å². The lowest BCUT2D eigenvalue weighted by Gasteiger charge is -1.99. The molecule has 0 unspecified atom stereocenters. The Balaban J connectivity index is 3.06. The Morgan fingerprint density at radius 1 is 1.18 bits per heavy atom. The van der Waals surface area contributed by atoms with Crippen LogP contribution in [0, 0.1) is 24.7 Å². The predicted octanol–water partition coefficient (Wildman–Crippen LogP) is 2.07. The highest BCUT2D eigenvalue weighted by atomic mass is 14.0. The summed E-state index contributed by atoms with van der Waals surface area (Å²) >= 11 is 0. The topological polar surface area (TPSA) is 0 Å². The minimum Gasteiger partial charge on any atom is -0.114 e. The SMILES string of the molecule is C#CC(C#C)=C1C=CCC=C1. The molecular formula is C11H8. The van der Waals surface area contributed by atoms with Gasteiger partial charge < -0.3 is 0 Å². The van der Waals surface area contributed by atoms with Crippen LogP contribution >= 0.6 is 0 Å². The molecule has 0 aromatic carbocycles. The van der Waals surface area contributed by atoms with Crippen LogP contribution in [0.2, 0.25) is 0 Å². The van der Waals surface area contributed by atoms with E-state index in [1.54, 1.807) is 0 Å². The van der Waals surface area contributed by atoms with Gasteiger partial charge in [0.2, 0.25) is 0 Å². The summed E-state index contributed by atoms with van der Waals surface area (Å²) in [4.78, 5) is 0. The molecule has 0 radical (unpaired) electrons. The minimum absolute atomic E-state index is 0.622. The van der Waals surface area contributed by atoms with Gasteiger partial charge >= 0.3 is 0 Å². The van der Waals surface area contributed by atoms with Crippen molar-refractivity contribution in [3.8, 4) is 24.7 Å². The Morgan fingerprint density at radius 3 is 2.18 bits per heavy atom. The monoisotopic (exact) mass is 140 g/mol. The molecule has 11 heavy (non-hydrogen) atoms. The van der Waals surface area contributed by atoms with Crippen LogP contribution in [-0.2, 0) is 0 Å². The summed E-state index contributed by atoms with van der Waals surface area (Å²) in [6.45, 7) is 0. The van der Waals surface area contributed by atoms with Crippen LogP contribution in [0.15, 0.2) is 35.5 Å². The average molecular weight is 140 g/mol. The van der Waals surface area contributed by atoms with Crippen molar-refractivity contribution in [2.24, 2.45) is 0 Å². The summed E-state index contributed by atoms with van der Waals surface area (Å²) < 4.78 is 0. The third kappa shape index (κ3) is 1.63. The molecule has 0 aromatic heterocycles. The smallest absolute Gasteiger partial charge is 0.0810 e. The maximum absolute atomic E-state index is 5.20. The van der Waals surface area contributed by atoms with Crippen molar-refractivity contribution in [1.29, 1.82) is 0 Å². The van der Waals surface area contributed by atoms with Crippen molar-refractivity contribution in [2.45, 2.75) is 6.42 Å². The second-order valence-electron chi connectivity index (χ2n) is 2.16. The highest BCUT2D eigenvalue weighted by Crippen LogP contribution is 2.11. The number of terminal acetylenes is 2. The average Bonchev–Trinajstić information content (AvgIpc) is 2.09. The molecule has 0 heterocycles. The molecule has 0 aromatic rings. The van der Waals surface area contributed by atoms with Crippen molar-refractivity contribution in [1.82, 2.24) is 0 Å². The summed E-state index contributed by atoms with van der Waals surface area (Å²) in [5.41, 5.74) is 1.58. The molecule has 52 valence electrons.